The van der Waals surface area contributed by atoms with Gasteiger partial charge in [-0.25, -0.2) is 4.39 Å². The Morgan fingerprint density at radius 2 is 2.12 bits per heavy atom. The Bertz CT molecular complexity index is 353. The molecule has 1 aromatic rings. The van der Waals surface area contributed by atoms with E-state index in [1.807, 2.05) is 0 Å². The highest BCUT2D eigenvalue weighted by atomic mass is 35.5. The van der Waals surface area contributed by atoms with E-state index in [0.717, 1.165) is 26.1 Å². The van der Waals surface area contributed by atoms with Gasteiger partial charge in [0.15, 0.2) is 0 Å². The number of benzene rings is 1. The van der Waals surface area contributed by atoms with Gasteiger partial charge in [-0.3, -0.25) is 0 Å². The van der Waals surface area contributed by atoms with Crippen LogP contribution in [0.5, 0.6) is 0 Å². The molecule has 0 spiro atoms. The molecule has 0 radical (unpaired) electrons. The molecule has 2 rings (SSSR count). The van der Waals surface area contributed by atoms with E-state index in [4.69, 9.17) is 16.3 Å². The minimum atomic E-state index is -0.243. The first-order valence-corrected chi connectivity index (χ1v) is 5.88. The van der Waals surface area contributed by atoms with Gasteiger partial charge in [-0.2, -0.15) is 0 Å². The van der Waals surface area contributed by atoms with Crippen molar-refractivity contribution in [3.8, 4) is 0 Å². The molecule has 0 aromatic heterocycles. The van der Waals surface area contributed by atoms with Gasteiger partial charge in [-0.05, 0) is 25.0 Å². The number of hydrogen-bond donors (Lipinski definition) is 1. The molecule has 1 aliphatic rings. The number of nitrogens with one attached hydrogen (secondary N) is 1. The lowest BCUT2D eigenvalue weighted by Gasteiger charge is -2.23. The SMILES string of the molecule is Fc1cc(Cl)ccc1CNC1CCOCC1. The van der Waals surface area contributed by atoms with Crippen molar-refractivity contribution in [2.24, 2.45) is 0 Å². The summed E-state index contributed by atoms with van der Waals surface area (Å²) >= 11 is 5.69. The van der Waals surface area contributed by atoms with Gasteiger partial charge >= 0.3 is 0 Å². The Labute approximate surface area is 99.7 Å². The fourth-order valence-electron chi connectivity index (χ4n) is 1.82. The van der Waals surface area contributed by atoms with E-state index >= 15 is 0 Å². The molecule has 16 heavy (non-hydrogen) atoms. The maximum Gasteiger partial charge on any atom is 0.129 e. The van der Waals surface area contributed by atoms with E-state index in [-0.39, 0.29) is 5.82 Å². The van der Waals surface area contributed by atoms with E-state index in [1.54, 1.807) is 12.1 Å². The molecule has 2 nitrogen and oxygen atoms in total. The molecule has 0 atom stereocenters. The van der Waals surface area contributed by atoms with Crippen molar-refractivity contribution in [2.45, 2.75) is 25.4 Å². The Morgan fingerprint density at radius 3 is 2.81 bits per heavy atom. The van der Waals surface area contributed by atoms with Gasteiger partial charge < -0.3 is 10.1 Å². The summed E-state index contributed by atoms with van der Waals surface area (Å²) in [6.07, 6.45) is 1.99. The van der Waals surface area contributed by atoms with E-state index in [0.29, 0.717) is 23.2 Å². The maximum absolute atomic E-state index is 13.5. The van der Waals surface area contributed by atoms with E-state index in [9.17, 15) is 4.39 Å². The summed E-state index contributed by atoms with van der Waals surface area (Å²) in [5, 5.41) is 3.77. The molecule has 0 aliphatic carbocycles. The quantitative estimate of drug-likeness (QED) is 0.882. The molecule has 1 aliphatic heterocycles. The summed E-state index contributed by atoms with van der Waals surface area (Å²) in [4.78, 5) is 0. The van der Waals surface area contributed by atoms with Gasteiger partial charge in [-0.1, -0.05) is 17.7 Å². The van der Waals surface area contributed by atoms with Gasteiger partial charge in [0.2, 0.25) is 0 Å². The van der Waals surface area contributed by atoms with Crippen LogP contribution in [0.3, 0.4) is 0 Å². The standard InChI is InChI=1S/C12H15ClFNO/c13-10-2-1-9(12(14)7-10)8-15-11-3-5-16-6-4-11/h1-2,7,11,15H,3-6,8H2. The third-order valence-corrected chi connectivity index (χ3v) is 3.05. The topological polar surface area (TPSA) is 21.3 Å². The molecule has 1 heterocycles. The molecule has 0 saturated carbocycles. The molecular formula is C12H15ClFNO. The monoisotopic (exact) mass is 243 g/mol. The summed E-state index contributed by atoms with van der Waals surface area (Å²) in [5.74, 6) is -0.243. The highest BCUT2D eigenvalue weighted by Gasteiger charge is 2.13. The molecule has 1 saturated heterocycles. The summed E-state index contributed by atoms with van der Waals surface area (Å²) < 4.78 is 18.7. The Hall–Kier alpha value is -0.640. The maximum atomic E-state index is 13.5. The van der Waals surface area contributed by atoms with Gasteiger partial charge in [0, 0.05) is 36.4 Å². The third-order valence-electron chi connectivity index (χ3n) is 2.82. The Morgan fingerprint density at radius 1 is 1.38 bits per heavy atom. The fraction of sp³-hybridized carbons (Fsp3) is 0.500. The van der Waals surface area contributed by atoms with Gasteiger partial charge in [-0.15, -0.1) is 0 Å². The van der Waals surface area contributed by atoms with Crippen molar-refractivity contribution in [3.63, 3.8) is 0 Å². The molecule has 1 aromatic carbocycles. The second kappa shape index (κ2) is 5.62. The van der Waals surface area contributed by atoms with Crippen LogP contribution < -0.4 is 5.32 Å². The zero-order valence-electron chi connectivity index (χ0n) is 9.01. The molecule has 0 unspecified atom stereocenters. The van der Waals surface area contributed by atoms with Crippen molar-refractivity contribution in [1.29, 1.82) is 0 Å². The van der Waals surface area contributed by atoms with Crippen LogP contribution in [-0.4, -0.2) is 19.3 Å². The smallest absolute Gasteiger partial charge is 0.129 e. The highest BCUT2D eigenvalue weighted by molar-refractivity contribution is 6.30. The number of hydrogen-bond acceptors (Lipinski definition) is 2. The van der Waals surface area contributed by atoms with Crippen LogP contribution >= 0.6 is 11.6 Å². The van der Waals surface area contributed by atoms with Crippen molar-refractivity contribution in [1.82, 2.24) is 5.32 Å². The molecule has 4 heteroatoms. The molecule has 0 bridgehead atoms. The van der Waals surface area contributed by atoms with Crippen LogP contribution in [0.4, 0.5) is 4.39 Å². The molecule has 1 fully saturated rings. The van der Waals surface area contributed by atoms with Crippen LogP contribution in [0.25, 0.3) is 0 Å². The first-order valence-electron chi connectivity index (χ1n) is 5.51. The lowest BCUT2D eigenvalue weighted by Crippen LogP contribution is -2.34. The number of ether oxygens (including phenoxy) is 1. The first kappa shape index (κ1) is 11.8. The van der Waals surface area contributed by atoms with Gasteiger partial charge in [0.05, 0.1) is 0 Å². The van der Waals surface area contributed by atoms with E-state index < -0.39 is 0 Å². The van der Waals surface area contributed by atoms with Crippen LogP contribution in [0.15, 0.2) is 18.2 Å². The largest absolute Gasteiger partial charge is 0.381 e. The summed E-state index contributed by atoms with van der Waals surface area (Å²) in [6.45, 7) is 2.13. The van der Waals surface area contributed by atoms with Crippen LogP contribution in [-0.2, 0) is 11.3 Å². The third kappa shape index (κ3) is 3.17. The molecule has 0 amide bonds. The van der Waals surface area contributed by atoms with Gasteiger partial charge in [0.25, 0.3) is 0 Å². The summed E-state index contributed by atoms with van der Waals surface area (Å²) in [6, 6.07) is 5.22. The summed E-state index contributed by atoms with van der Waals surface area (Å²) in [5.41, 5.74) is 0.663. The molecule has 1 N–H and O–H groups in total. The normalized spacial score (nSPS) is 17.6. The second-order valence-electron chi connectivity index (χ2n) is 4.00. The van der Waals surface area contributed by atoms with Crippen molar-refractivity contribution in [2.75, 3.05) is 13.2 Å². The zero-order chi connectivity index (χ0) is 11.4. The van der Waals surface area contributed by atoms with Crippen LogP contribution in [0.2, 0.25) is 5.02 Å². The average Bonchev–Trinajstić information content (AvgIpc) is 2.29. The molecule has 88 valence electrons. The highest BCUT2D eigenvalue weighted by Crippen LogP contribution is 2.15. The van der Waals surface area contributed by atoms with Crippen molar-refractivity contribution in [3.05, 3.63) is 34.6 Å². The first-order chi connectivity index (χ1) is 7.75. The van der Waals surface area contributed by atoms with E-state index in [1.165, 1.54) is 6.07 Å². The Kier molecular flexibility index (Phi) is 4.16. The number of halogens is 2. The molecular weight excluding hydrogens is 229 g/mol. The number of rotatable bonds is 3. The van der Waals surface area contributed by atoms with Gasteiger partial charge in [0.1, 0.15) is 5.82 Å². The predicted molar refractivity (Wildman–Crippen MR) is 62.1 cm³/mol. The fourth-order valence-corrected chi connectivity index (χ4v) is 1.98. The zero-order valence-corrected chi connectivity index (χ0v) is 9.77. The van der Waals surface area contributed by atoms with E-state index in [2.05, 4.69) is 5.32 Å². The lowest BCUT2D eigenvalue weighted by molar-refractivity contribution is 0.0775. The minimum Gasteiger partial charge on any atom is -0.381 e. The van der Waals surface area contributed by atoms with Crippen LogP contribution in [0, 0.1) is 5.82 Å². The Balaban J connectivity index is 1.88. The summed E-state index contributed by atoms with van der Waals surface area (Å²) in [7, 11) is 0. The predicted octanol–water partition coefficient (Wildman–Crippen LogP) is 2.75. The van der Waals surface area contributed by atoms with Crippen LogP contribution in [0.1, 0.15) is 18.4 Å². The van der Waals surface area contributed by atoms with Crippen molar-refractivity contribution >= 4 is 11.6 Å². The average molecular weight is 244 g/mol. The minimum absolute atomic E-state index is 0.243. The van der Waals surface area contributed by atoms with Crippen molar-refractivity contribution < 1.29 is 9.13 Å². The lowest BCUT2D eigenvalue weighted by atomic mass is 10.1. The second-order valence-corrected chi connectivity index (χ2v) is 4.44.